The number of hydrogen-bond donors (Lipinski definition) is 0. The number of benzene rings is 1. The maximum Gasteiger partial charge on any atom is 0.142 e. The molecule has 1 aromatic heterocycles. The summed E-state index contributed by atoms with van der Waals surface area (Å²) in [6.45, 7) is 0. The van der Waals surface area contributed by atoms with Crippen molar-refractivity contribution in [1.82, 2.24) is 0 Å². The van der Waals surface area contributed by atoms with E-state index in [4.69, 9.17) is 11.6 Å². The fourth-order valence-electron chi connectivity index (χ4n) is 1.36. The lowest BCUT2D eigenvalue weighted by atomic mass is 10.1. The van der Waals surface area contributed by atoms with Crippen molar-refractivity contribution >= 4 is 54.8 Å². The second-order valence-corrected chi connectivity index (χ2v) is 6.41. The zero-order chi connectivity index (χ0) is 12.6. The van der Waals surface area contributed by atoms with Crippen molar-refractivity contribution < 1.29 is 8.78 Å². The Kier molecular flexibility index (Phi) is 4.23. The summed E-state index contributed by atoms with van der Waals surface area (Å²) in [4.78, 5) is 0.481. The summed E-state index contributed by atoms with van der Waals surface area (Å²) in [5.41, 5.74) is 0.232. The predicted octanol–water partition coefficient (Wildman–Crippen LogP) is 5.93. The first-order valence-electron chi connectivity index (χ1n) is 4.52. The quantitative estimate of drug-likeness (QED) is 0.432. The SMILES string of the molecule is Fc1cc(C(Br)c2sccc2Br)c(F)cc1Cl. The van der Waals surface area contributed by atoms with Gasteiger partial charge in [-0.2, -0.15) is 0 Å². The molecule has 0 nitrogen and oxygen atoms in total. The summed E-state index contributed by atoms with van der Waals surface area (Å²) in [5, 5.41) is 1.66. The van der Waals surface area contributed by atoms with Crippen molar-refractivity contribution in [1.29, 1.82) is 0 Å². The molecule has 6 heteroatoms. The summed E-state index contributed by atoms with van der Waals surface area (Å²) in [6, 6.07) is 3.96. The molecule has 0 saturated heterocycles. The fraction of sp³-hybridized carbons (Fsp3) is 0.0909. The zero-order valence-corrected chi connectivity index (χ0v) is 12.9. The lowest BCUT2D eigenvalue weighted by molar-refractivity contribution is 0.589. The molecule has 17 heavy (non-hydrogen) atoms. The van der Waals surface area contributed by atoms with Crippen LogP contribution in [0.1, 0.15) is 15.3 Å². The third-order valence-corrected chi connectivity index (χ3v) is 5.67. The van der Waals surface area contributed by atoms with Gasteiger partial charge in [-0.3, -0.25) is 0 Å². The summed E-state index contributed by atoms with van der Waals surface area (Å²) in [7, 11) is 0. The van der Waals surface area contributed by atoms with Crippen LogP contribution in [0, 0.1) is 11.6 Å². The zero-order valence-electron chi connectivity index (χ0n) is 8.18. The lowest BCUT2D eigenvalue weighted by Crippen LogP contribution is -1.97. The van der Waals surface area contributed by atoms with Gasteiger partial charge in [0, 0.05) is 14.9 Å². The molecule has 0 aliphatic heterocycles. The molecule has 1 atom stereocenters. The Balaban J connectivity index is 2.48. The van der Waals surface area contributed by atoms with Crippen LogP contribution in [0.5, 0.6) is 0 Å². The third-order valence-electron chi connectivity index (χ3n) is 2.19. The van der Waals surface area contributed by atoms with Crippen LogP contribution in [0.25, 0.3) is 0 Å². The molecule has 2 rings (SSSR count). The number of hydrogen-bond acceptors (Lipinski definition) is 1. The number of alkyl halides is 1. The van der Waals surface area contributed by atoms with Gasteiger partial charge in [0.05, 0.1) is 9.85 Å². The number of halogens is 5. The Labute approximate surface area is 123 Å². The normalized spacial score (nSPS) is 12.8. The molecular weight excluding hydrogens is 397 g/mol. The van der Waals surface area contributed by atoms with E-state index in [1.807, 2.05) is 11.4 Å². The van der Waals surface area contributed by atoms with Crippen molar-refractivity contribution in [3.05, 3.63) is 55.1 Å². The molecule has 0 spiro atoms. The molecule has 1 aromatic carbocycles. The molecule has 1 unspecified atom stereocenters. The maximum absolute atomic E-state index is 13.7. The first-order chi connectivity index (χ1) is 8.00. The van der Waals surface area contributed by atoms with E-state index in [1.54, 1.807) is 0 Å². The van der Waals surface area contributed by atoms with Crippen LogP contribution in [-0.2, 0) is 0 Å². The molecule has 0 aliphatic carbocycles. The van der Waals surface area contributed by atoms with Gasteiger partial charge in [0.2, 0.25) is 0 Å². The van der Waals surface area contributed by atoms with Crippen molar-refractivity contribution in [3.8, 4) is 0 Å². The minimum Gasteiger partial charge on any atom is -0.207 e. The third kappa shape index (κ3) is 2.72. The fourth-order valence-corrected chi connectivity index (χ4v) is 4.33. The standard InChI is InChI=1S/C11H5Br2ClF2S/c12-6-1-2-17-11(6)10(13)5-3-9(16)7(14)4-8(5)15/h1-4,10H. The van der Waals surface area contributed by atoms with Gasteiger partial charge in [0.25, 0.3) is 0 Å². The van der Waals surface area contributed by atoms with Gasteiger partial charge in [-0.25, -0.2) is 8.78 Å². The van der Waals surface area contributed by atoms with Crippen LogP contribution in [0.4, 0.5) is 8.78 Å². The van der Waals surface area contributed by atoms with Gasteiger partial charge in [-0.1, -0.05) is 27.5 Å². The monoisotopic (exact) mass is 400 g/mol. The van der Waals surface area contributed by atoms with Crippen molar-refractivity contribution in [2.45, 2.75) is 4.83 Å². The molecule has 0 N–H and O–H groups in total. The Bertz CT molecular complexity index is 556. The second kappa shape index (κ2) is 5.34. The van der Waals surface area contributed by atoms with Gasteiger partial charge in [0.15, 0.2) is 0 Å². The molecule has 0 saturated carbocycles. The molecule has 0 radical (unpaired) electrons. The van der Waals surface area contributed by atoms with Crippen LogP contribution in [0.15, 0.2) is 28.1 Å². The van der Waals surface area contributed by atoms with Crippen LogP contribution < -0.4 is 0 Å². The van der Waals surface area contributed by atoms with E-state index < -0.39 is 16.5 Å². The van der Waals surface area contributed by atoms with Crippen molar-refractivity contribution in [3.63, 3.8) is 0 Å². The minimum absolute atomic E-state index is 0.212. The van der Waals surface area contributed by atoms with Gasteiger partial charge < -0.3 is 0 Å². The first-order valence-corrected chi connectivity index (χ1v) is 7.48. The highest BCUT2D eigenvalue weighted by Gasteiger charge is 2.20. The highest BCUT2D eigenvalue weighted by molar-refractivity contribution is 9.11. The van der Waals surface area contributed by atoms with Crippen molar-refractivity contribution in [2.75, 3.05) is 0 Å². The number of rotatable bonds is 2. The van der Waals surface area contributed by atoms with Crippen LogP contribution >= 0.6 is 54.8 Å². The van der Waals surface area contributed by atoms with Gasteiger partial charge in [-0.05, 0) is 39.5 Å². The van der Waals surface area contributed by atoms with Crippen LogP contribution in [-0.4, -0.2) is 0 Å². The molecule has 0 aliphatic rings. The molecular formula is C11H5Br2ClF2S. The summed E-state index contributed by atoms with van der Waals surface area (Å²) in [6.07, 6.45) is 0. The molecule has 0 amide bonds. The van der Waals surface area contributed by atoms with E-state index in [2.05, 4.69) is 31.9 Å². The molecule has 2 aromatic rings. The smallest absolute Gasteiger partial charge is 0.142 e. The Hall–Kier alpha value is 0.0300. The molecule has 90 valence electrons. The Morgan fingerprint density at radius 2 is 1.94 bits per heavy atom. The summed E-state index contributed by atoms with van der Waals surface area (Å²) < 4.78 is 27.9. The summed E-state index contributed by atoms with van der Waals surface area (Å²) >= 11 is 13.7. The van der Waals surface area contributed by atoms with Gasteiger partial charge in [-0.15, -0.1) is 11.3 Å². The average Bonchev–Trinajstić information content (AvgIpc) is 2.69. The number of thiophene rings is 1. The van der Waals surface area contributed by atoms with E-state index in [9.17, 15) is 8.78 Å². The first kappa shape index (κ1) is 13.5. The van der Waals surface area contributed by atoms with E-state index >= 15 is 0 Å². The van der Waals surface area contributed by atoms with Gasteiger partial charge >= 0.3 is 0 Å². The molecule has 0 bridgehead atoms. The van der Waals surface area contributed by atoms with Crippen LogP contribution in [0.3, 0.4) is 0 Å². The van der Waals surface area contributed by atoms with E-state index in [0.29, 0.717) is 0 Å². The second-order valence-electron chi connectivity index (χ2n) is 3.28. The van der Waals surface area contributed by atoms with Crippen molar-refractivity contribution in [2.24, 2.45) is 0 Å². The Morgan fingerprint density at radius 3 is 2.53 bits per heavy atom. The largest absolute Gasteiger partial charge is 0.207 e. The average molecular weight is 402 g/mol. The van der Waals surface area contributed by atoms with Gasteiger partial charge in [0.1, 0.15) is 11.6 Å². The van der Waals surface area contributed by atoms with E-state index in [1.165, 1.54) is 11.3 Å². The molecule has 1 heterocycles. The highest BCUT2D eigenvalue weighted by atomic mass is 79.9. The Morgan fingerprint density at radius 1 is 1.24 bits per heavy atom. The highest BCUT2D eigenvalue weighted by Crippen LogP contribution is 2.40. The summed E-state index contributed by atoms with van der Waals surface area (Å²) in [5.74, 6) is -1.15. The van der Waals surface area contributed by atoms with E-state index in [0.717, 1.165) is 21.5 Å². The molecule has 0 fully saturated rings. The van der Waals surface area contributed by atoms with E-state index in [-0.39, 0.29) is 10.6 Å². The predicted molar refractivity (Wildman–Crippen MR) is 74.2 cm³/mol. The maximum atomic E-state index is 13.7. The lowest BCUT2D eigenvalue weighted by Gasteiger charge is -2.11. The topological polar surface area (TPSA) is 0 Å². The van der Waals surface area contributed by atoms with Crippen LogP contribution in [0.2, 0.25) is 5.02 Å². The minimum atomic E-state index is -0.625.